The standard InChI is InChI=1S/C22H21F2N3O/c1-13-9-19-16(12-25-13)6-8-20(24)21(19)27-22(28)26-18-7-5-15(11-18)14-3-2-4-17(23)10-14/h2-4,6,8-10,12,15,18H,5,7,11H2,1H3,(H2,26,27,28)/t15-,18-/m0/s1. The predicted octanol–water partition coefficient (Wildman–Crippen LogP) is 5.28. The lowest BCUT2D eigenvalue weighted by Gasteiger charge is -2.16. The molecule has 6 heteroatoms. The van der Waals surface area contributed by atoms with Crippen LogP contribution < -0.4 is 10.6 Å². The summed E-state index contributed by atoms with van der Waals surface area (Å²) in [6.45, 7) is 1.82. The molecule has 2 atom stereocenters. The number of aromatic nitrogens is 1. The van der Waals surface area contributed by atoms with E-state index in [2.05, 4.69) is 15.6 Å². The average Bonchev–Trinajstić information content (AvgIpc) is 3.12. The van der Waals surface area contributed by atoms with E-state index in [1.807, 2.05) is 13.0 Å². The summed E-state index contributed by atoms with van der Waals surface area (Å²) < 4.78 is 27.8. The SMILES string of the molecule is Cc1cc2c(NC(=O)N[C@H]3CC[C@H](c4cccc(F)c4)C3)c(F)ccc2cn1. The summed E-state index contributed by atoms with van der Waals surface area (Å²) in [7, 11) is 0. The molecule has 1 aliphatic carbocycles. The summed E-state index contributed by atoms with van der Waals surface area (Å²) in [6, 6.07) is 10.8. The summed E-state index contributed by atoms with van der Waals surface area (Å²) >= 11 is 0. The first-order valence-electron chi connectivity index (χ1n) is 9.37. The third kappa shape index (κ3) is 3.81. The molecule has 1 fully saturated rings. The molecule has 2 amide bonds. The van der Waals surface area contributed by atoms with Crippen LogP contribution in [0, 0.1) is 18.6 Å². The Morgan fingerprint density at radius 3 is 2.82 bits per heavy atom. The highest BCUT2D eigenvalue weighted by atomic mass is 19.1. The van der Waals surface area contributed by atoms with E-state index in [1.54, 1.807) is 30.5 Å². The predicted molar refractivity (Wildman–Crippen MR) is 105 cm³/mol. The Labute approximate surface area is 162 Å². The van der Waals surface area contributed by atoms with E-state index in [4.69, 9.17) is 0 Å². The minimum absolute atomic E-state index is 0.0327. The molecular weight excluding hydrogens is 360 g/mol. The van der Waals surface area contributed by atoms with Gasteiger partial charge in [0, 0.05) is 28.7 Å². The van der Waals surface area contributed by atoms with Crippen molar-refractivity contribution in [3.05, 3.63) is 71.6 Å². The molecule has 0 unspecified atom stereocenters. The van der Waals surface area contributed by atoms with Crippen LogP contribution in [-0.2, 0) is 0 Å². The van der Waals surface area contributed by atoms with Crippen molar-refractivity contribution in [1.29, 1.82) is 0 Å². The van der Waals surface area contributed by atoms with Gasteiger partial charge in [0.2, 0.25) is 0 Å². The summed E-state index contributed by atoms with van der Waals surface area (Å²) in [5.74, 6) is -0.524. The van der Waals surface area contributed by atoms with Crippen LogP contribution in [0.1, 0.15) is 36.4 Å². The van der Waals surface area contributed by atoms with Gasteiger partial charge in [0.1, 0.15) is 11.6 Å². The van der Waals surface area contributed by atoms with Crippen LogP contribution >= 0.6 is 0 Å². The Hall–Kier alpha value is -3.02. The first-order valence-corrected chi connectivity index (χ1v) is 9.37. The zero-order chi connectivity index (χ0) is 19.7. The molecule has 144 valence electrons. The highest BCUT2D eigenvalue weighted by molar-refractivity contribution is 6.01. The quantitative estimate of drug-likeness (QED) is 0.649. The summed E-state index contributed by atoms with van der Waals surface area (Å²) in [5.41, 5.74) is 1.85. The molecule has 1 heterocycles. The second kappa shape index (κ2) is 7.54. The number of nitrogens with zero attached hydrogens (tertiary/aromatic N) is 1. The van der Waals surface area contributed by atoms with Crippen molar-refractivity contribution in [2.45, 2.75) is 38.1 Å². The van der Waals surface area contributed by atoms with Gasteiger partial charge < -0.3 is 10.6 Å². The normalized spacial score (nSPS) is 19.0. The molecule has 2 N–H and O–H groups in total. The number of benzene rings is 2. The topological polar surface area (TPSA) is 54.0 Å². The number of nitrogens with one attached hydrogen (secondary N) is 2. The Morgan fingerprint density at radius 2 is 2.00 bits per heavy atom. The Bertz CT molecular complexity index is 1030. The molecule has 0 bridgehead atoms. The zero-order valence-corrected chi connectivity index (χ0v) is 15.5. The maximum Gasteiger partial charge on any atom is 0.319 e. The number of carbonyl (C=O) groups is 1. The van der Waals surface area contributed by atoms with Crippen LogP contribution in [0.5, 0.6) is 0 Å². The van der Waals surface area contributed by atoms with Crippen molar-refractivity contribution in [3.63, 3.8) is 0 Å². The van der Waals surface area contributed by atoms with E-state index in [9.17, 15) is 13.6 Å². The fourth-order valence-corrected chi connectivity index (χ4v) is 3.93. The molecule has 3 aromatic rings. The van der Waals surface area contributed by atoms with Crippen molar-refractivity contribution < 1.29 is 13.6 Å². The number of aryl methyl sites for hydroxylation is 1. The number of amides is 2. The molecule has 0 saturated heterocycles. The second-order valence-electron chi connectivity index (χ2n) is 7.33. The van der Waals surface area contributed by atoms with Gasteiger partial charge in [-0.1, -0.05) is 12.1 Å². The van der Waals surface area contributed by atoms with Crippen molar-refractivity contribution in [1.82, 2.24) is 10.3 Å². The fourth-order valence-electron chi connectivity index (χ4n) is 3.93. The van der Waals surface area contributed by atoms with Gasteiger partial charge in [0.05, 0.1) is 5.69 Å². The highest BCUT2D eigenvalue weighted by Crippen LogP contribution is 2.35. The van der Waals surface area contributed by atoms with Gasteiger partial charge in [-0.2, -0.15) is 0 Å². The lowest BCUT2D eigenvalue weighted by Crippen LogP contribution is -2.36. The summed E-state index contributed by atoms with van der Waals surface area (Å²) in [5, 5.41) is 6.96. The first kappa shape index (κ1) is 18.3. The van der Waals surface area contributed by atoms with Gasteiger partial charge in [-0.25, -0.2) is 13.6 Å². The van der Waals surface area contributed by atoms with Gasteiger partial charge in [0.25, 0.3) is 0 Å². The van der Waals surface area contributed by atoms with Gasteiger partial charge >= 0.3 is 6.03 Å². The van der Waals surface area contributed by atoms with E-state index in [0.29, 0.717) is 5.39 Å². The van der Waals surface area contributed by atoms with Crippen molar-refractivity contribution in [2.24, 2.45) is 0 Å². The average molecular weight is 381 g/mol. The van der Waals surface area contributed by atoms with E-state index < -0.39 is 11.8 Å². The summed E-state index contributed by atoms with van der Waals surface area (Å²) in [6.07, 6.45) is 4.07. The number of urea groups is 1. The lowest BCUT2D eigenvalue weighted by atomic mass is 9.97. The fraction of sp³-hybridized carbons (Fsp3) is 0.273. The number of anilines is 1. The van der Waals surface area contributed by atoms with Gasteiger partial charge in [-0.15, -0.1) is 0 Å². The largest absolute Gasteiger partial charge is 0.335 e. The van der Waals surface area contributed by atoms with Gasteiger partial charge in [-0.05, 0) is 68.0 Å². The number of carbonyl (C=O) groups excluding carboxylic acids is 1. The van der Waals surface area contributed by atoms with Crippen LogP contribution in [0.2, 0.25) is 0 Å². The van der Waals surface area contributed by atoms with E-state index in [-0.39, 0.29) is 23.5 Å². The van der Waals surface area contributed by atoms with E-state index >= 15 is 0 Å². The van der Waals surface area contributed by atoms with Crippen molar-refractivity contribution in [2.75, 3.05) is 5.32 Å². The monoisotopic (exact) mass is 381 g/mol. The molecule has 1 aliphatic rings. The number of rotatable bonds is 3. The smallest absolute Gasteiger partial charge is 0.319 e. The summed E-state index contributed by atoms with van der Waals surface area (Å²) in [4.78, 5) is 16.7. The van der Waals surface area contributed by atoms with Gasteiger partial charge in [-0.3, -0.25) is 4.98 Å². The van der Waals surface area contributed by atoms with E-state index in [1.165, 1.54) is 12.1 Å². The molecule has 4 rings (SSSR count). The second-order valence-corrected chi connectivity index (χ2v) is 7.33. The van der Waals surface area contributed by atoms with E-state index in [0.717, 1.165) is 35.9 Å². The first-order chi connectivity index (χ1) is 13.5. The van der Waals surface area contributed by atoms with Crippen LogP contribution in [0.3, 0.4) is 0 Å². The van der Waals surface area contributed by atoms with Crippen molar-refractivity contribution >= 4 is 22.5 Å². The number of hydrogen-bond acceptors (Lipinski definition) is 2. The molecule has 0 spiro atoms. The van der Waals surface area contributed by atoms with Crippen LogP contribution in [0.25, 0.3) is 10.8 Å². The molecule has 1 aromatic heterocycles. The molecular formula is C22H21F2N3O. The maximum atomic E-state index is 14.3. The minimum Gasteiger partial charge on any atom is -0.335 e. The lowest BCUT2D eigenvalue weighted by molar-refractivity contribution is 0.248. The van der Waals surface area contributed by atoms with Crippen LogP contribution in [0.4, 0.5) is 19.3 Å². The molecule has 2 aromatic carbocycles. The minimum atomic E-state index is -0.489. The van der Waals surface area contributed by atoms with Crippen LogP contribution in [0.15, 0.2) is 48.7 Å². The van der Waals surface area contributed by atoms with Crippen molar-refractivity contribution in [3.8, 4) is 0 Å². The Balaban J connectivity index is 1.45. The van der Waals surface area contributed by atoms with Crippen LogP contribution in [-0.4, -0.2) is 17.1 Å². The molecule has 28 heavy (non-hydrogen) atoms. The Morgan fingerprint density at radius 1 is 1.14 bits per heavy atom. The third-order valence-corrected chi connectivity index (χ3v) is 5.32. The molecule has 4 nitrogen and oxygen atoms in total. The molecule has 1 saturated carbocycles. The number of fused-ring (bicyclic) bond motifs is 1. The number of halogens is 2. The van der Waals surface area contributed by atoms with Gasteiger partial charge in [0.15, 0.2) is 0 Å². The zero-order valence-electron chi connectivity index (χ0n) is 15.5. The highest BCUT2D eigenvalue weighted by Gasteiger charge is 2.27. The maximum absolute atomic E-state index is 14.3. The number of pyridine rings is 1. The molecule has 0 radical (unpaired) electrons. The third-order valence-electron chi connectivity index (χ3n) is 5.32. The molecule has 0 aliphatic heterocycles. The Kier molecular flexibility index (Phi) is 4.94. The number of hydrogen-bond donors (Lipinski definition) is 2.